The second-order valence-corrected chi connectivity index (χ2v) is 7.11. The Bertz CT molecular complexity index is 537. The number of hydrogen-bond donors (Lipinski definition) is 1. The first-order chi connectivity index (χ1) is 11.0. The van der Waals surface area contributed by atoms with E-state index in [4.69, 9.17) is 27.9 Å². The maximum atomic E-state index is 11.9. The van der Waals surface area contributed by atoms with Gasteiger partial charge >= 0.3 is 0 Å². The summed E-state index contributed by atoms with van der Waals surface area (Å²) >= 11 is 11.9. The van der Waals surface area contributed by atoms with Crippen molar-refractivity contribution in [3.63, 3.8) is 0 Å². The van der Waals surface area contributed by atoms with Crippen molar-refractivity contribution in [3.05, 3.63) is 28.2 Å². The number of nitrogens with zero attached hydrogens (tertiary/aromatic N) is 1. The number of amides is 1. The largest absolute Gasteiger partial charge is 0.482 e. The standard InChI is InChI=1S/C17H24Cl2N2O2/c1-12(2)21-7-3-4-13(10-21)9-20-17(22)11-23-16-8-14(18)5-6-15(16)19/h5-6,8,12-13H,3-4,7,9-11H2,1-2H3,(H,20,22). The van der Waals surface area contributed by atoms with Gasteiger partial charge in [-0.1, -0.05) is 23.2 Å². The van der Waals surface area contributed by atoms with Gasteiger partial charge in [0.05, 0.1) is 5.02 Å². The van der Waals surface area contributed by atoms with Gasteiger partial charge in [-0.2, -0.15) is 0 Å². The van der Waals surface area contributed by atoms with Crippen molar-refractivity contribution < 1.29 is 9.53 Å². The lowest BCUT2D eigenvalue weighted by atomic mass is 9.97. The Morgan fingerprint density at radius 2 is 2.22 bits per heavy atom. The molecule has 2 rings (SSSR count). The number of carbonyl (C=O) groups is 1. The molecule has 6 heteroatoms. The molecule has 128 valence electrons. The number of benzene rings is 1. The SMILES string of the molecule is CC(C)N1CCCC(CNC(=O)COc2cc(Cl)ccc2Cl)C1. The normalized spacial score (nSPS) is 18.9. The maximum Gasteiger partial charge on any atom is 0.257 e. The van der Waals surface area contributed by atoms with Crippen LogP contribution in [0.2, 0.25) is 10.0 Å². The third kappa shape index (κ3) is 5.87. The molecule has 0 saturated carbocycles. The second-order valence-electron chi connectivity index (χ2n) is 6.26. The van der Waals surface area contributed by atoms with E-state index in [0.717, 1.165) is 19.5 Å². The fraction of sp³-hybridized carbons (Fsp3) is 0.588. The van der Waals surface area contributed by atoms with Gasteiger partial charge in [-0.3, -0.25) is 4.79 Å². The van der Waals surface area contributed by atoms with E-state index >= 15 is 0 Å². The lowest BCUT2D eigenvalue weighted by Crippen LogP contribution is -2.44. The first kappa shape index (κ1) is 18.4. The van der Waals surface area contributed by atoms with Gasteiger partial charge in [0.15, 0.2) is 6.61 Å². The van der Waals surface area contributed by atoms with E-state index in [9.17, 15) is 4.79 Å². The Hall–Kier alpha value is -0.970. The zero-order valence-corrected chi connectivity index (χ0v) is 15.2. The molecule has 1 amide bonds. The molecule has 0 aliphatic carbocycles. The molecule has 1 unspecified atom stereocenters. The van der Waals surface area contributed by atoms with Crippen molar-refractivity contribution in [2.24, 2.45) is 5.92 Å². The highest BCUT2D eigenvalue weighted by Gasteiger charge is 2.21. The maximum absolute atomic E-state index is 11.9. The molecule has 0 radical (unpaired) electrons. The summed E-state index contributed by atoms with van der Waals surface area (Å²) in [6, 6.07) is 5.50. The molecule has 23 heavy (non-hydrogen) atoms. The number of halogens is 2. The Morgan fingerprint density at radius 1 is 1.43 bits per heavy atom. The number of rotatable bonds is 6. The molecule has 1 atom stereocenters. The van der Waals surface area contributed by atoms with Crippen LogP contribution < -0.4 is 10.1 Å². The average molecular weight is 359 g/mol. The first-order valence-corrected chi connectivity index (χ1v) is 8.80. The van der Waals surface area contributed by atoms with Gasteiger partial charge in [-0.15, -0.1) is 0 Å². The van der Waals surface area contributed by atoms with Gasteiger partial charge in [0.2, 0.25) is 0 Å². The predicted molar refractivity (Wildman–Crippen MR) is 94.4 cm³/mol. The van der Waals surface area contributed by atoms with Gasteiger partial charge in [-0.25, -0.2) is 0 Å². The number of piperidine rings is 1. The lowest BCUT2D eigenvalue weighted by Gasteiger charge is -2.35. The lowest BCUT2D eigenvalue weighted by molar-refractivity contribution is -0.123. The van der Waals surface area contributed by atoms with Gasteiger partial charge in [0.1, 0.15) is 5.75 Å². The minimum Gasteiger partial charge on any atom is -0.482 e. The van der Waals surface area contributed by atoms with Gasteiger partial charge < -0.3 is 15.0 Å². The molecular formula is C17H24Cl2N2O2. The Morgan fingerprint density at radius 3 is 2.96 bits per heavy atom. The van der Waals surface area contributed by atoms with Crippen LogP contribution in [0.25, 0.3) is 0 Å². The van der Waals surface area contributed by atoms with E-state index < -0.39 is 0 Å². The molecule has 1 heterocycles. The number of carbonyl (C=O) groups excluding carboxylic acids is 1. The van der Waals surface area contributed by atoms with Crippen LogP contribution in [-0.2, 0) is 4.79 Å². The summed E-state index contributed by atoms with van der Waals surface area (Å²) in [5, 5.41) is 3.92. The van der Waals surface area contributed by atoms with Crippen LogP contribution in [0.4, 0.5) is 0 Å². The molecule has 1 N–H and O–H groups in total. The van der Waals surface area contributed by atoms with Gasteiger partial charge in [-0.05, 0) is 51.3 Å². The van der Waals surface area contributed by atoms with Crippen LogP contribution in [0.5, 0.6) is 5.75 Å². The minimum absolute atomic E-state index is 0.0549. The van der Waals surface area contributed by atoms with E-state index in [1.165, 1.54) is 6.42 Å². The number of likely N-dealkylation sites (tertiary alicyclic amines) is 1. The first-order valence-electron chi connectivity index (χ1n) is 8.04. The quantitative estimate of drug-likeness (QED) is 0.844. The molecule has 1 saturated heterocycles. The smallest absolute Gasteiger partial charge is 0.257 e. The topological polar surface area (TPSA) is 41.6 Å². The molecular weight excluding hydrogens is 335 g/mol. The number of hydrogen-bond acceptors (Lipinski definition) is 3. The van der Waals surface area contributed by atoms with E-state index in [1.54, 1.807) is 18.2 Å². The number of ether oxygens (including phenoxy) is 1. The summed E-state index contributed by atoms with van der Waals surface area (Å²) in [6.07, 6.45) is 2.35. The molecule has 4 nitrogen and oxygen atoms in total. The zero-order chi connectivity index (χ0) is 16.8. The Kier molecular flexibility index (Phi) is 7.00. The third-order valence-corrected chi connectivity index (χ3v) is 4.67. The van der Waals surface area contributed by atoms with Crippen LogP contribution in [0.3, 0.4) is 0 Å². The highest BCUT2D eigenvalue weighted by atomic mass is 35.5. The molecule has 0 bridgehead atoms. The van der Waals surface area contributed by atoms with Crippen molar-refractivity contribution in [2.75, 3.05) is 26.2 Å². The number of nitrogens with one attached hydrogen (secondary N) is 1. The summed E-state index contributed by atoms with van der Waals surface area (Å²) in [6.45, 7) is 7.25. The highest BCUT2D eigenvalue weighted by molar-refractivity contribution is 6.34. The van der Waals surface area contributed by atoms with E-state index in [-0.39, 0.29) is 12.5 Å². The molecule has 0 aromatic heterocycles. The summed E-state index contributed by atoms with van der Waals surface area (Å²) < 4.78 is 5.44. The molecule has 1 aromatic rings. The van der Waals surface area contributed by atoms with Crippen molar-refractivity contribution in [1.82, 2.24) is 10.2 Å². The molecule has 1 aliphatic rings. The van der Waals surface area contributed by atoms with Crippen LogP contribution in [0, 0.1) is 5.92 Å². The Labute approximate surface area is 148 Å². The van der Waals surface area contributed by atoms with Crippen LogP contribution in [-0.4, -0.2) is 43.1 Å². The molecule has 0 spiro atoms. The second kappa shape index (κ2) is 8.76. The average Bonchev–Trinajstić information content (AvgIpc) is 2.54. The predicted octanol–water partition coefficient (Wildman–Crippen LogP) is 3.61. The van der Waals surface area contributed by atoms with Crippen molar-refractivity contribution in [3.8, 4) is 5.75 Å². The fourth-order valence-electron chi connectivity index (χ4n) is 2.77. The van der Waals surface area contributed by atoms with Crippen LogP contribution in [0.1, 0.15) is 26.7 Å². The fourth-order valence-corrected chi connectivity index (χ4v) is 3.11. The van der Waals surface area contributed by atoms with Crippen LogP contribution in [0.15, 0.2) is 18.2 Å². The minimum atomic E-state index is -0.136. The van der Waals surface area contributed by atoms with Crippen LogP contribution >= 0.6 is 23.2 Å². The summed E-state index contributed by atoms with van der Waals surface area (Å²) in [4.78, 5) is 14.4. The van der Waals surface area contributed by atoms with E-state index in [0.29, 0.717) is 34.3 Å². The van der Waals surface area contributed by atoms with Crippen molar-refractivity contribution in [2.45, 2.75) is 32.7 Å². The van der Waals surface area contributed by atoms with E-state index in [1.807, 2.05) is 0 Å². The summed E-state index contributed by atoms with van der Waals surface area (Å²) in [7, 11) is 0. The monoisotopic (exact) mass is 358 g/mol. The molecule has 1 aliphatic heterocycles. The van der Waals surface area contributed by atoms with Crippen molar-refractivity contribution >= 4 is 29.1 Å². The third-order valence-electron chi connectivity index (χ3n) is 4.12. The zero-order valence-electron chi connectivity index (χ0n) is 13.6. The highest BCUT2D eigenvalue weighted by Crippen LogP contribution is 2.27. The molecule has 1 fully saturated rings. The van der Waals surface area contributed by atoms with Gasteiger partial charge in [0.25, 0.3) is 5.91 Å². The van der Waals surface area contributed by atoms with E-state index in [2.05, 4.69) is 24.1 Å². The Balaban J connectivity index is 1.74. The summed E-state index contributed by atoms with van der Waals surface area (Å²) in [5.74, 6) is 0.797. The van der Waals surface area contributed by atoms with Crippen molar-refractivity contribution in [1.29, 1.82) is 0 Å². The van der Waals surface area contributed by atoms with Gasteiger partial charge in [0, 0.05) is 30.2 Å². The summed E-state index contributed by atoms with van der Waals surface area (Å²) in [5.41, 5.74) is 0. The molecule has 1 aromatic carbocycles.